The largest absolute Gasteiger partial charge is 0.398 e. The molecular formula is C18H17F6N5O2. The fourth-order valence-corrected chi connectivity index (χ4v) is 3.99. The Hall–Kier alpha value is -2.86. The van der Waals surface area contributed by atoms with Gasteiger partial charge in [0.2, 0.25) is 5.91 Å². The molecule has 2 unspecified atom stereocenters. The smallest absolute Gasteiger partial charge is 0.335 e. The minimum Gasteiger partial charge on any atom is -0.335 e. The summed E-state index contributed by atoms with van der Waals surface area (Å²) in [4.78, 5) is 30.3. The maximum Gasteiger partial charge on any atom is 0.398 e. The van der Waals surface area contributed by atoms with Crippen LogP contribution in [0.25, 0.3) is 0 Å². The lowest BCUT2D eigenvalue weighted by molar-refractivity contribution is -0.160. The highest BCUT2D eigenvalue weighted by Crippen LogP contribution is 2.43. The third kappa shape index (κ3) is 3.81. The number of rotatable bonds is 3. The lowest BCUT2D eigenvalue weighted by Crippen LogP contribution is -2.44. The molecule has 0 aromatic carbocycles. The summed E-state index contributed by atoms with van der Waals surface area (Å²) in [7, 11) is 0. The van der Waals surface area contributed by atoms with Crippen LogP contribution in [0.5, 0.6) is 0 Å². The Bertz CT molecular complexity index is 1040. The summed E-state index contributed by atoms with van der Waals surface area (Å²) in [6.07, 6.45) is -8.18. The van der Waals surface area contributed by atoms with Crippen molar-refractivity contribution in [3.63, 3.8) is 0 Å². The molecule has 0 bridgehead atoms. The number of carbonyl (C=O) groups excluding carboxylic acids is 1. The zero-order valence-electron chi connectivity index (χ0n) is 15.9. The van der Waals surface area contributed by atoms with Crippen LogP contribution >= 0.6 is 0 Å². The molecule has 2 aliphatic heterocycles. The van der Waals surface area contributed by atoms with Gasteiger partial charge in [-0.05, 0) is 25.0 Å². The topological polar surface area (TPSA) is 73.0 Å². The van der Waals surface area contributed by atoms with Crippen molar-refractivity contribution < 1.29 is 31.1 Å². The van der Waals surface area contributed by atoms with Gasteiger partial charge in [-0.3, -0.25) is 14.3 Å². The normalized spacial score (nSPS) is 26.2. The molecule has 1 saturated heterocycles. The van der Waals surface area contributed by atoms with Crippen LogP contribution in [0.15, 0.2) is 23.1 Å². The Morgan fingerprint density at radius 3 is 2.45 bits per heavy atom. The Morgan fingerprint density at radius 2 is 1.84 bits per heavy atom. The SMILES string of the molecule is O=C(C1CCC(C(F)(F)F)c2nn(Cc3ncccc3F)c(=O)n21)N1C[C@@H](F)[C@@H](F)C1. The van der Waals surface area contributed by atoms with E-state index >= 15 is 0 Å². The van der Waals surface area contributed by atoms with Crippen molar-refractivity contribution >= 4 is 5.91 Å². The fraction of sp³-hybridized carbons (Fsp3) is 0.556. The molecule has 2 aromatic heterocycles. The van der Waals surface area contributed by atoms with E-state index in [9.17, 15) is 35.9 Å². The van der Waals surface area contributed by atoms with Gasteiger partial charge in [-0.1, -0.05) is 0 Å². The second-order valence-electron chi connectivity index (χ2n) is 7.56. The van der Waals surface area contributed by atoms with Crippen molar-refractivity contribution in [2.24, 2.45) is 0 Å². The number of amides is 1. The van der Waals surface area contributed by atoms with Crippen molar-refractivity contribution in [3.05, 3.63) is 46.1 Å². The molecule has 4 heterocycles. The summed E-state index contributed by atoms with van der Waals surface area (Å²) in [5.74, 6) is -4.43. The molecule has 0 N–H and O–H groups in total. The molecule has 2 aromatic rings. The highest BCUT2D eigenvalue weighted by atomic mass is 19.4. The van der Waals surface area contributed by atoms with E-state index in [1.165, 1.54) is 12.3 Å². The highest BCUT2D eigenvalue weighted by molar-refractivity contribution is 5.81. The molecule has 168 valence electrons. The van der Waals surface area contributed by atoms with Crippen LogP contribution in [0, 0.1) is 5.82 Å². The van der Waals surface area contributed by atoms with Gasteiger partial charge >= 0.3 is 11.9 Å². The molecule has 13 heteroatoms. The van der Waals surface area contributed by atoms with Crippen molar-refractivity contribution in [2.75, 3.05) is 13.1 Å². The number of aromatic nitrogens is 4. The summed E-state index contributed by atoms with van der Waals surface area (Å²) in [5.41, 5.74) is -1.27. The van der Waals surface area contributed by atoms with Gasteiger partial charge in [0.15, 0.2) is 12.3 Å². The van der Waals surface area contributed by atoms with Gasteiger partial charge in [0, 0.05) is 6.20 Å². The van der Waals surface area contributed by atoms with Gasteiger partial charge in [-0.15, -0.1) is 0 Å². The number of fused-ring (bicyclic) bond motifs is 1. The predicted molar refractivity (Wildman–Crippen MR) is 93.2 cm³/mol. The molecule has 1 amide bonds. The third-order valence-corrected chi connectivity index (χ3v) is 5.56. The van der Waals surface area contributed by atoms with Crippen molar-refractivity contribution in [3.8, 4) is 0 Å². The Labute approximate surface area is 171 Å². The minimum absolute atomic E-state index is 0.216. The maximum absolute atomic E-state index is 13.9. The molecular weight excluding hydrogens is 432 g/mol. The third-order valence-electron chi connectivity index (χ3n) is 5.56. The second kappa shape index (κ2) is 7.68. The van der Waals surface area contributed by atoms with Gasteiger partial charge in [0.1, 0.15) is 23.6 Å². The molecule has 7 nitrogen and oxygen atoms in total. The van der Waals surface area contributed by atoms with E-state index < -0.39 is 79.8 Å². The van der Waals surface area contributed by atoms with Crippen molar-refractivity contribution in [2.45, 2.75) is 49.9 Å². The molecule has 4 atom stereocenters. The number of hydrogen-bond acceptors (Lipinski definition) is 4. The number of halogens is 6. The first-order valence-corrected chi connectivity index (χ1v) is 9.50. The monoisotopic (exact) mass is 449 g/mol. The van der Waals surface area contributed by atoms with E-state index in [4.69, 9.17) is 0 Å². The predicted octanol–water partition coefficient (Wildman–Crippen LogP) is 2.13. The Balaban J connectivity index is 1.74. The molecule has 0 saturated carbocycles. The lowest BCUT2D eigenvalue weighted by atomic mass is 9.93. The van der Waals surface area contributed by atoms with Gasteiger partial charge in [0.25, 0.3) is 0 Å². The van der Waals surface area contributed by atoms with Crippen LogP contribution in [-0.4, -0.2) is 61.7 Å². The average Bonchev–Trinajstić information content (AvgIpc) is 3.21. The maximum atomic E-state index is 13.9. The minimum atomic E-state index is -4.74. The van der Waals surface area contributed by atoms with Crippen LogP contribution in [0.4, 0.5) is 26.3 Å². The Kier molecular flexibility index (Phi) is 5.30. The summed E-state index contributed by atoms with van der Waals surface area (Å²) >= 11 is 0. The summed E-state index contributed by atoms with van der Waals surface area (Å²) in [5, 5.41) is 3.75. The van der Waals surface area contributed by atoms with E-state index in [0.29, 0.717) is 9.25 Å². The van der Waals surface area contributed by atoms with Crippen molar-refractivity contribution in [1.29, 1.82) is 0 Å². The van der Waals surface area contributed by atoms with Gasteiger partial charge in [-0.2, -0.15) is 18.3 Å². The van der Waals surface area contributed by atoms with Crippen LogP contribution in [0.3, 0.4) is 0 Å². The summed E-state index contributed by atoms with van der Waals surface area (Å²) < 4.78 is 82.9. The van der Waals surface area contributed by atoms with Gasteiger partial charge in [0.05, 0.1) is 25.3 Å². The van der Waals surface area contributed by atoms with Crippen molar-refractivity contribution in [1.82, 2.24) is 24.2 Å². The van der Waals surface area contributed by atoms with Crippen LogP contribution < -0.4 is 5.69 Å². The van der Waals surface area contributed by atoms with E-state index in [1.807, 2.05) is 0 Å². The first-order valence-electron chi connectivity index (χ1n) is 9.50. The molecule has 0 spiro atoms. The molecule has 4 rings (SSSR count). The fourth-order valence-electron chi connectivity index (χ4n) is 3.99. The second-order valence-corrected chi connectivity index (χ2v) is 7.56. The number of carbonyl (C=O) groups is 1. The summed E-state index contributed by atoms with van der Waals surface area (Å²) in [6, 6.07) is 0.990. The Morgan fingerprint density at radius 1 is 1.16 bits per heavy atom. The molecule has 2 aliphatic rings. The van der Waals surface area contributed by atoms with Crippen LogP contribution in [0.1, 0.15) is 36.3 Å². The zero-order valence-corrected chi connectivity index (χ0v) is 15.9. The van der Waals surface area contributed by atoms with Crippen LogP contribution in [-0.2, 0) is 11.3 Å². The molecule has 0 aliphatic carbocycles. The highest BCUT2D eigenvalue weighted by Gasteiger charge is 2.50. The number of hydrogen-bond donors (Lipinski definition) is 0. The van der Waals surface area contributed by atoms with E-state index in [0.717, 1.165) is 11.0 Å². The zero-order chi connectivity index (χ0) is 22.5. The first-order chi connectivity index (χ1) is 14.6. The molecule has 1 fully saturated rings. The van der Waals surface area contributed by atoms with Crippen LogP contribution in [0.2, 0.25) is 0 Å². The van der Waals surface area contributed by atoms with Gasteiger partial charge < -0.3 is 4.90 Å². The van der Waals surface area contributed by atoms with E-state index in [1.54, 1.807) is 0 Å². The van der Waals surface area contributed by atoms with Gasteiger partial charge in [-0.25, -0.2) is 22.6 Å². The summed E-state index contributed by atoms with van der Waals surface area (Å²) in [6.45, 7) is -1.63. The molecule has 31 heavy (non-hydrogen) atoms. The quantitative estimate of drug-likeness (QED) is 0.674. The average molecular weight is 449 g/mol. The molecule has 0 radical (unpaired) electrons. The number of pyridine rings is 1. The lowest BCUT2D eigenvalue weighted by Gasteiger charge is -2.31. The number of likely N-dealkylation sites (tertiary alicyclic amines) is 1. The van der Waals surface area contributed by atoms with E-state index in [-0.39, 0.29) is 12.1 Å². The number of alkyl halides is 5. The standard InChI is InChI=1S/C18H17F6N5O2/c19-10-2-1-5-25-13(10)8-28-17(31)29-14(16(30)27-6-11(20)12(21)7-27)4-3-9(15(29)26-28)18(22,23)24/h1-2,5,9,11-12,14H,3-4,6-8H2/t9?,11-,12+,14?. The number of nitrogens with zero attached hydrogens (tertiary/aromatic N) is 5. The van der Waals surface area contributed by atoms with E-state index in [2.05, 4.69) is 10.1 Å². The first kappa shape index (κ1) is 21.4.